The first-order valence-electron chi connectivity index (χ1n) is 8.56. The lowest BCUT2D eigenvalue weighted by molar-refractivity contribution is -0.0141. The molecule has 2 amide bonds. The number of halogens is 1. The van der Waals surface area contributed by atoms with E-state index in [1.165, 1.54) is 0 Å². The molecule has 1 saturated carbocycles. The van der Waals surface area contributed by atoms with E-state index in [0.717, 1.165) is 11.1 Å². The summed E-state index contributed by atoms with van der Waals surface area (Å²) in [7, 11) is 0. The van der Waals surface area contributed by atoms with Crippen LogP contribution in [0.4, 0.5) is 9.18 Å². The minimum Gasteiger partial charge on any atom is -0.376 e. The number of alkyl halides is 1. The van der Waals surface area contributed by atoms with Crippen LogP contribution in [-0.4, -0.2) is 24.9 Å². The van der Waals surface area contributed by atoms with Crippen molar-refractivity contribution >= 4 is 6.03 Å². The van der Waals surface area contributed by atoms with Gasteiger partial charge in [0.15, 0.2) is 0 Å². The molecule has 1 aliphatic carbocycles. The van der Waals surface area contributed by atoms with Crippen molar-refractivity contribution < 1.29 is 13.9 Å². The average molecular weight is 342 g/mol. The number of carbonyl (C=O) groups is 1. The lowest BCUT2D eigenvalue weighted by atomic mass is 9.78. The van der Waals surface area contributed by atoms with Gasteiger partial charge in [0, 0.05) is 12.5 Å². The summed E-state index contributed by atoms with van der Waals surface area (Å²) in [6.45, 7) is 1.29. The summed E-state index contributed by atoms with van der Waals surface area (Å²) in [5.74, 6) is -0.150. The molecule has 4 nitrogen and oxygen atoms in total. The van der Waals surface area contributed by atoms with Crippen molar-refractivity contribution in [3.8, 4) is 0 Å². The molecule has 0 spiro atoms. The van der Waals surface area contributed by atoms with Gasteiger partial charge in [-0.1, -0.05) is 60.7 Å². The highest BCUT2D eigenvalue weighted by Gasteiger charge is 2.42. The number of rotatable bonds is 7. The molecule has 3 unspecified atom stereocenters. The summed E-state index contributed by atoms with van der Waals surface area (Å²) in [6.07, 6.45) is -0.451. The number of nitrogens with one attached hydrogen (secondary N) is 2. The molecular formula is C20H23FN2O2. The largest absolute Gasteiger partial charge is 0.376 e. The number of hydrogen-bond acceptors (Lipinski definition) is 2. The van der Waals surface area contributed by atoms with Crippen molar-refractivity contribution in [2.24, 2.45) is 5.92 Å². The Morgan fingerprint density at radius 3 is 2.32 bits per heavy atom. The molecule has 2 N–H and O–H groups in total. The number of benzene rings is 2. The molecule has 0 heterocycles. The minimum absolute atomic E-state index is 0.150. The van der Waals surface area contributed by atoms with E-state index in [1.54, 1.807) is 0 Å². The van der Waals surface area contributed by atoms with Crippen molar-refractivity contribution in [3.63, 3.8) is 0 Å². The maximum absolute atomic E-state index is 14.2. The molecule has 25 heavy (non-hydrogen) atoms. The predicted octanol–water partition coefficient (Wildman–Crippen LogP) is 3.43. The summed E-state index contributed by atoms with van der Waals surface area (Å²) in [6, 6.07) is 18.7. The third-order valence-electron chi connectivity index (χ3n) is 4.45. The van der Waals surface area contributed by atoms with Gasteiger partial charge in [-0.3, -0.25) is 0 Å². The third kappa shape index (κ3) is 5.03. The van der Waals surface area contributed by atoms with Gasteiger partial charge in [0.25, 0.3) is 0 Å². The van der Waals surface area contributed by atoms with E-state index in [4.69, 9.17) is 4.74 Å². The van der Waals surface area contributed by atoms with E-state index in [9.17, 15) is 9.18 Å². The van der Waals surface area contributed by atoms with Crippen LogP contribution in [0.1, 0.15) is 17.5 Å². The second-order valence-electron chi connectivity index (χ2n) is 6.36. The molecule has 1 aliphatic rings. The van der Waals surface area contributed by atoms with E-state index in [-0.39, 0.29) is 11.9 Å². The Morgan fingerprint density at radius 2 is 1.68 bits per heavy atom. The van der Waals surface area contributed by atoms with Gasteiger partial charge in [-0.05, 0) is 17.5 Å². The maximum Gasteiger partial charge on any atom is 0.315 e. The lowest BCUT2D eigenvalue weighted by Gasteiger charge is -2.39. The van der Waals surface area contributed by atoms with E-state index < -0.39 is 12.2 Å². The van der Waals surface area contributed by atoms with Crippen LogP contribution in [0.5, 0.6) is 0 Å². The van der Waals surface area contributed by atoms with Crippen LogP contribution in [0.25, 0.3) is 0 Å². The fraction of sp³-hybridized carbons (Fsp3) is 0.350. The number of urea groups is 1. The minimum atomic E-state index is -1.06. The summed E-state index contributed by atoms with van der Waals surface area (Å²) in [5, 5.41) is 5.44. The van der Waals surface area contributed by atoms with Crippen LogP contribution in [0.3, 0.4) is 0 Å². The number of hydrogen-bond donors (Lipinski definition) is 2. The Balaban J connectivity index is 1.32. The zero-order valence-corrected chi connectivity index (χ0v) is 14.0. The molecule has 0 saturated heterocycles. The molecule has 0 aliphatic heterocycles. The van der Waals surface area contributed by atoms with Gasteiger partial charge >= 0.3 is 6.03 Å². The van der Waals surface area contributed by atoms with Crippen LogP contribution in [0.2, 0.25) is 0 Å². The van der Waals surface area contributed by atoms with Crippen LogP contribution < -0.4 is 10.6 Å². The average Bonchev–Trinajstić information content (AvgIpc) is 2.66. The van der Waals surface area contributed by atoms with Crippen molar-refractivity contribution in [1.29, 1.82) is 0 Å². The second kappa shape index (κ2) is 8.62. The Bertz CT molecular complexity index is 666. The third-order valence-corrected chi connectivity index (χ3v) is 4.45. The molecule has 2 aromatic rings. The quantitative estimate of drug-likeness (QED) is 0.810. The summed E-state index contributed by atoms with van der Waals surface area (Å²) in [4.78, 5) is 11.9. The summed E-state index contributed by atoms with van der Waals surface area (Å²) < 4.78 is 19.8. The highest BCUT2D eigenvalue weighted by molar-refractivity contribution is 5.74. The summed E-state index contributed by atoms with van der Waals surface area (Å²) in [5.41, 5.74) is 2.09. The van der Waals surface area contributed by atoms with Gasteiger partial charge in [0.05, 0.1) is 19.3 Å². The molecule has 0 aromatic heterocycles. The van der Waals surface area contributed by atoms with Crippen LogP contribution >= 0.6 is 0 Å². The Labute approximate surface area is 147 Å². The Kier molecular flexibility index (Phi) is 6.01. The van der Waals surface area contributed by atoms with Gasteiger partial charge in [0.1, 0.15) is 6.17 Å². The van der Waals surface area contributed by atoms with E-state index in [0.29, 0.717) is 26.2 Å². The Hall–Kier alpha value is -2.40. The van der Waals surface area contributed by atoms with E-state index in [1.807, 2.05) is 60.7 Å². The maximum atomic E-state index is 14.2. The van der Waals surface area contributed by atoms with Crippen molar-refractivity contribution in [2.45, 2.75) is 31.8 Å². The fourth-order valence-corrected chi connectivity index (χ4v) is 2.92. The normalized spacial score (nSPS) is 22.0. The van der Waals surface area contributed by atoms with Gasteiger partial charge in [-0.15, -0.1) is 0 Å². The monoisotopic (exact) mass is 342 g/mol. The highest BCUT2D eigenvalue weighted by Crippen LogP contribution is 2.31. The topological polar surface area (TPSA) is 50.4 Å². The smallest absolute Gasteiger partial charge is 0.315 e. The van der Waals surface area contributed by atoms with E-state index >= 15 is 0 Å². The predicted molar refractivity (Wildman–Crippen MR) is 94.7 cm³/mol. The number of ether oxygens (including phenoxy) is 1. The van der Waals surface area contributed by atoms with E-state index in [2.05, 4.69) is 10.6 Å². The van der Waals surface area contributed by atoms with Gasteiger partial charge in [-0.25, -0.2) is 9.18 Å². The first kappa shape index (κ1) is 17.4. The molecule has 0 radical (unpaired) electrons. The van der Waals surface area contributed by atoms with Crippen molar-refractivity contribution in [2.75, 3.05) is 6.61 Å². The molecule has 1 fully saturated rings. The first-order chi connectivity index (χ1) is 12.2. The second-order valence-corrected chi connectivity index (χ2v) is 6.36. The zero-order chi connectivity index (χ0) is 17.5. The number of carbonyl (C=O) groups excluding carboxylic acids is 1. The van der Waals surface area contributed by atoms with Crippen LogP contribution in [0, 0.1) is 5.92 Å². The molecule has 5 heteroatoms. The van der Waals surface area contributed by atoms with Crippen LogP contribution in [-0.2, 0) is 17.9 Å². The first-order valence-corrected chi connectivity index (χ1v) is 8.56. The molecule has 0 bridgehead atoms. The number of amides is 2. The van der Waals surface area contributed by atoms with Crippen LogP contribution in [0.15, 0.2) is 60.7 Å². The molecule has 3 atom stereocenters. The molecule has 2 aromatic carbocycles. The van der Waals surface area contributed by atoms with Crippen molar-refractivity contribution in [1.82, 2.24) is 10.6 Å². The standard InChI is InChI=1S/C20H23FN2O2/c21-19-17(14-25-13-16-9-5-2-6-10-16)11-18(19)23-20(24)22-12-15-7-3-1-4-8-15/h1-10,17-19H,11-14H2,(H2,22,23,24). The molecule has 3 rings (SSSR count). The fourth-order valence-electron chi connectivity index (χ4n) is 2.92. The summed E-state index contributed by atoms with van der Waals surface area (Å²) >= 11 is 0. The zero-order valence-electron chi connectivity index (χ0n) is 14.0. The molecular weight excluding hydrogens is 319 g/mol. The Morgan fingerprint density at radius 1 is 1.04 bits per heavy atom. The van der Waals surface area contributed by atoms with Gasteiger partial charge in [-0.2, -0.15) is 0 Å². The van der Waals surface area contributed by atoms with Gasteiger partial charge in [0.2, 0.25) is 0 Å². The molecule has 132 valence electrons. The van der Waals surface area contributed by atoms with Crippen molar-refractivity contribution in [3.05, 3.63) is 71.8 Å². The van der Waals surface area contributed by atoms with Gasteiger partial charge < -0.3 is 15.4 Å². The highest BCUT2D eigenvalue weighted by atomic mass is 19.1. The lowest BCUT2D eigenvalue weighted by Crippen LogP contribution is -2.57. The SMILES string of the molecule is O=C(NCc1ccccc1)NC1CC(COCc2ccccc2)C1F.